The van der Waals surface area contributed by atoms with E-state index in [1.165, 1.54) is 24.3 Å². The molecule has 3 heterocycles. The number of fused-ring (bicyclic) bond motifs is 1. The minimum Gasteiger partial charge on any atom is -0.476 e. The summed E-state index contributed by atoms with van der Waals surface area (Å²) in [5.41, 5.74) is 0.809. The van der Waals surface area contributed by atoms with E-state index in [1.807, 2.05) is 6.07 Å². The molecule has 0 spiro atoms. The van der Waals surface area contributed by atoms with E-state index in [1.54, 1.807) is 18.6 Å². The van der Waals surface area contributed by atoms with Gasteiger partial charge in [-0.3, -0.25) is 9.78 Å². The quantitative estimate of drug-likeness (QED) is 0.608. The zero-order chi connectivity index (χ0) is 23.7. The first kappa shape index (κ1) is 22.2. The molecule has 2 aromatic heterocycles. The minimum absolute atomic E-state index is 0.344. The van der Waals surface area contributed by atoms with E-state index >= 15 is 0 Å². The van der Waals surface area contributed by atoms with Crippen LogP contribution in [-0.4, -0.2) is 52.5 Å². The van der Waals surface area contributed by atoms with Crippen LogP contribution in [0.2, 0.25) is 0 Å². The van der Waals surface area contributed by atoms with Gasteiger partial charge in [-0.15, -0.1) is 0 Å². The second-order valence-electron chi connectivity index (χ2n) is 9.27. The fraction of sp³-hybridized carbons (Fsp3) is 0.308. The van der Waals surface area contributed by atoms with Gasteiger partial charge in [0.25, 0.3) is 5.91 Å². The maximum absolute atomic E-state index is 13.1. The Labute approximate surface area is 197 Å². The van der Waals surface area contributed by atoms with Gasteiger partial charge in [0.05, 0.1) is 18.5 Å². The molecule has 1 unspecified atom stereocenters. The van der Waals surface area contributed by atoms with Gasteiger partial charge < -0.3 is 15.0 Å². The molecule has 7 nitrogen and oxygen atoms in total. The molecule has 1 aromatic carbocycles. The van der Waals surface area contributed by atoms with Crippen LogP contribution < -0.4 is 20.5 Å². The van der Waals surface area contributed by atoms with Crippen molar-refractivity contribution >= 4 is 23.9 Å². The van der Waals surface area contributed by atoms with Gasteiger partial charge in [0.15, 0.2) is 0 Å². The SMILES string of the molecule is CN1CC(COc2cncc(C3(C)C=c4cc(NC(=O)c5ccc(F)cc5)ncc4=CC3)n2)C1. The number of carbonyl (C=O) groups excluding carboxylic acids is 1. The molecule has 5 rings (SSSR count). The largest absolute Gasteiger partial charge is 0.476 e. The van der Waals surface area contributed by atoms with Gasteiger partial charge >= 0.3 is 0 Å². The number of aromatic nitrogens is 3. The van der Waals surface area contributed by atoms with Crippen molar-refractivity contribution in [2.24, 2.45) is 5.92 Å². The minimum atomic E-state index is -0.388. The average Bonchev–Trinajstić information content (AvgIpc) is 2.81. The van der Waals surface area contributed by atoms with Crippen LogP contribution in [0.1, 0.15) is 29.4 Å². The number of hydrogen-bond acceptors (Lipinski definition) is 6. The molecule has 1 aliphatic heterocycles. The number of benzene rings is 1. The molecular weight excluding hydrogens is 433 g/mol. The Morgan fingerprint density at radius 2 is 2.00 bits per heavy atom. The summed E-state index contributed by atoms with van der Waals surface area (Å²) < 4.78 is 19.1. The highest BCUT2D eigenvalue weighted by Crippen LogP contribution is 2.30. The summed E-state index contributed by atoms with van der Waals surface area (Å²) in [7, 11) is 2.10. The van der Waals surface area contributed by atoms with Crippen LogP contribution in [-0.2, 0) is 5.41 Å². The molecule has 1 amide bonds. The van der Waals surface area contributed by atoms with Gasteiger partial charge in [0.1, 0.15) is 11.6 Å². The molecule has 1 N–H and O–H groups in total. The molecule has 1 atom stereocenters. The molecule has 3 aromatic rings. The molecule has 1 fully saturated rings. The van der Waals surface area contributed by atoms with Crippen LogP contribution in [0.4, 0.5) is 10.2 Å². The summed E-state index contributed by atoms with van der Waals surface area (Å²) in [6, 6.07) is 7.24. The van der Waals surface area contributed by atoms with Gasteiger partial charge in [0, 0.05) is 42.4 Å². The van der Waals surface area contributed by atoms with Crippen molar-refractivity contribution in [1.29, 1.82) is 0 Å². The van der Waals surface area contributed by atoms with E-state index in [4.69, 9.17) is 9.72 Å². The van der Waals surface area contributed by atoms with Crippen molar-refractivity contribution in [3.05, 3.63) is 76.4 Å². The summed E-state index contributed by atoms with van der Waals surface area (Å²) in [5.74, 6) is 0.762. The van der Waals surface area contributed by atoms with Gasteiger partial charge in [-0.2, -0.15) is 0 Å². The Hall–Kier alpha value is -3.65. The first-order valence-electron chi connectivity index (χ1n) is 11.3. The zero-order valence-electron chi connectivity index (χ0n) is 19.2. The molecule has 0 radical (unpaired) electrons. The van der Waals surface area contributed by atoms with Crippen LogP contribution in [0.3, 0.4) is 0 Å². The topological polar surface area (TPSA) is 80.2 Å². The predicted molar refractivity (Wildman–Crippen MR) is 127 cm³/mol. The first-order valence-corrected chi connectivity index (χ1v) is 11.3. The van der Waals surface area contributed by atoms with Crippen LogP contribution in [0.25, 0.3) is 12.2 Å². The summed E-state index contributed by atoms with van der Waals surface area (Å²) >= 11 is 0. The Bertz CT molecular complexity index is 1340. The van der Waals surface area contributed by atoms with Crippen LogP contribution in [0, 0.1) is 11.7 Å². The molecule has 2 aliphatic rings. The highest BCUT2D eigenvalue weighted by molar-refractivity contribution is 6.03. The number of pyridine rings is 1. The predicted octanol–water partition coefficient (Wildman–Crippen LogP) is 2.13. The first-order chi connectivity index (χ1) is 16.4. The van der Waals surface area contributed by atoms with Gasteiger partial charge in [-0.1, -0.05) is 19.1 Å². The van der Waals surface area contributed by atoms with E-state index in [0.29, 0.717) is 29.8 Å². The molecule has 174 valence electrons. The number of rotatable bonds is 6. The van der Waals surface area contributed by atoms with E-state index < -0.39 is 0 Å². The smallest absolute Gasteiger partial charge is 0.256 e. The lowest BCUT2D eigenvalue weighted by atomic mass is 9.80. The number of amides is 1. The third-order valence-corrected chi connectivity index (χ3v) is 6.34. The van der Waals surface area contributed by atoms with E-state index in [9.17, 15) is 9.18 Å². The lowest BCUT2D eigenvalue weighted by Crippen LogP contribution is -2.46. The van der Waals surface area contributed by atoms with Gasteiger partial charge in [-0.25, -0.2) is 14.4 Å². The lowest BCUT2D eigenvalue weighted by molar-refractivity contribution is 0.0835. The molecular formula is C26H26FN5O2. The Morgan fingerprint density at radius 1 is 1.21 bits per heavy atom. The van der Waals surface area contributed by atoms with Crippen molar-refractivity contribution in [3.8, 4) is 5.88 Å². The van der Waals surface area contributed by atoms with Crippen molar-refractivity contribution < 1.29 is 13.9 Å². The average molecular weight is 460 g/mol. The number of anilines is 1. The van der Waals surface area contributed by atoms with E-state index in [0.717, 1.165) is 35.6 Å². The zero-order valence-corrected chi connectivity index (χ0v) is 19.2. The number of hydrogen-bond donors (Lipinski definition) is 1. The van der Waals surface area contributed by atoms with Crippen molar-refractivity contribution in [2.45, 2.75) is 18.8 Å². The van der Waals surface area contributed by atoms with Crippen LogP contribution >= 0.6 is 0 Å². The fourth-order valence-corrected chi connectivity index (χ4v) is 4.37. The third kappa shape index (κ3) is 4.68. The number of halogens is 1. The summed E-state index contributed by atoms with van der Waals surface area (Å²) in [6.45, 7) is 4.83. The normalized spacial score (nSPS) is 19.9. The van der Waals surface area contributed by atoms with E-state index in [-0.39, 0.29) is 17.1 Å². The van der Waals surface area contributed by atoms with Crippen LogP contribution in [0.5, 0.6) is 5.88 Å². The highest BCUT2D eigenvalue weighted by atomic mass is 19.1. The Kier molecular flexibility index (Phi) is 5.83. The summed E-state index contributed by atoms with van der Waals surface area (Å²) in [4.78, 5) is 28.2. The monoisotopic (exact) mass is 459 g/mol. The molecule has 8 heteroatoms. The molecule has 0 bridgehead atoms. The van der Waals surface area contributed by atoms with Crippen molar-refractivity contribution in [3.63, 3.8) is 0 Å². The van der Waals surface area contributed by atoms with E-state index in [2.05, 4.69) is 46.3 Å². The number of nitrogens with zero attached hydrogens (tertiary/aromatic N) is 4. The van der Waals surface area contributed by atoms with Gasteiger partial charge in [0.2, 0.25) is 5.88 Å². The van der Waals surface area contributed by atoms with Crippen LogP contribution in [0.15, 0.2) is 48.9 Å². The fourth-order valence-electron chi connectivity index (χ4n) is 4.37. The third-order valence-electron chi connectivity index (χ3n) is 6.34. The standard InChI is InChI=1S/C26H26FN5O2/c1-26(22-12-28-13-24(30-22)34-16-17-14-32(2)15-17)8-7-19-11-29-23(9-20(19)10-26)31-25(33)18-3-5-21(27)6-4-18/h3-7,9-13,17H,8,14-16H2,1-2H3,(H,31,33). The van der Waals surface area contributed by atoms with Crippen molar-refractivity contribution in [1.82, 2.24) is 19.9 Å². The van der Waals surface area contributed by atoms with Crippen molar-refractivity contribution in [2.75, 3.05) is 32.1 Å². The molecule has 1 saturated heterocycles. The second kappa shape index (κ2) is 8.95. The summed E-state index contributed by atoms with van der Waals surface area (Å²) in [6.07, 6.45) is 10.2. The maximum atomic E-state index is 13.1. The molecule has 1 aliphatic carbocycles. The summed E-state index contributed by atoms with van der Waals surface area (Å²) in [5, 5.41) is 4.73. The number of nitrogens with one attached hydrogen (secondary N) is 1. The highest BCUT2D eigenvalue weighted by Gasteiger charge is 2.28. The number of carbonyl (C=O) groups is 1. The lowest BCUT2D eigenvalue weighted by Gasteiger charge is -2.35. The Morgan fingerprint density at radius 3 is 2.76 bits per heavy atom. The molecule has 34 heavy (non-hydrogen) atoms. The second-order valence-corrected chi connectivity index (χ2v) is 9.27. The number of ether oxygens (including phenoxy) is 1. The molecule has 0 saturated carbocycles. The maximum Gasteiger partial charge on any atom is 0.256 e. The number of likely N-dealkylation sites (tertiary alicyclic amines) is 1. The Balaban J connectivity index is 1.35. The van der Waals surface area contributed by atoms with Gasteiger partial charge in [-0.05, 0) is 54.2 Å².